The standard InChI is InChI=1S/C19H13ClFNO2/c20-15-7-3-6-14(11-15)19(23)24-18(17-9-1-2-10-22-17)13-5-4-8-16(21)12-13/h1-12,18H. The highest BCUT2D eigenvalue weighted by Gasteiger charge is 2.21. The lowest BCUT2D eigenvalue weighted by Crippen LogP contribution is -2.14. The molecule has 0 aliphatic carbocycles. The molecule has 0 spiro atoms. The molecule has 0 radical (unpaired) electrons. The van der Waals surface area contributed by atoms with Gasteiger partial charge in [0.1, 0.15) is 5.82 Å². The minimum absolute atomic E-state index is 0.319. The predicted molar refractivity (Wildman–Crippen MR) is 89.3 cm³/mol. The van der Waals surface area contributed by atoms with Crippen LogP contribution in [0.3, 0.4) is 0 Å². The average Bonchev–Trinajstić information content (AvgIpc) is 2.60. The molecule has 1 heterocycles. The summed E-state index contributed by atoms with van der Waals surface area (Å²) in [6.45, 7) is 0. The summed E-state index contributed by atoms with van der Waals surface area (Å²) in [5, 5.41) is 0.435. The van der Waals surface area contributed by atoms with E-state index in [2.05, 4.69) is 4.98 Å². The topological polar surface area (TPSA) is 39.2 Å². The second kappa shape index (κ2) is 7.23. The Bertz CT molecular complexity index is 855. The number of pyridine rings is 1. The summed E-state index contributed by atoms with van der Waals surface area (Å²) >= 11 is 5.91. The third kappa shape index (κ3) is 3.78. The van der Waals surface area contributed by atoms with E-state index in [0.29, 0.717) is 21.8 Å². The Balaban J connectivity index is 1.95. The molecule has 24 heavy (non-hydrogen) atoms. The zero-order valence-electron chi connectivity index (χ0n) is 12.5. The van der Waals surface area contributed by atoms with Crippen molar-refractivity contribution in [3.63, 3.8) is 0 Å². The van der Waals surface area contributed by atoms with E-state index >= 15 is 0 Å². The van der Waals surface area contributed by atoms with Crippen molar-refractivity contribution in [2.24, 2.45) is 0 Å². The van der Waals surface area contributed by atoms with Crippen LogP contribution in [0.25, 0.3) is 0 Å². The van der Waals surface area contributed by atoms with Crippen molar-refractivity contribution in [2.75, 3.05) is 0 Å². The van der Waals surface area contributed by atoms with Crippen LogP contribution in [0.15, 0.2) is 72.9 Å². The van der Waals surface area contributed by atoms with Crippen LogP contribution in [0.4, 0.5) is 4.39 Å². The molecule has 0 fully saturated rings. The van der Waals surface area contributed by atoms with Gasteiger partial charge in [-0.1, -0.05) is 35.9 Å². The highest BCUT2D eigenvalue weighted by Crippen LogP contribution is 2.26. The van der Waals surface area contributed by atoms with E-state index in [1.54, 1.807) is 54.7 Å². The maximum atomic E-state index is 13.6. The van der Waals surface area contributed by atoms with Crippen LogP contribution in [0.1, 0.15) is 27.7 Å². The van der Waals surface area contributed by atoms with Crippen molar-refractivity contribution in [2.45, 2.75) is 6.10 Å². The summed E-state index contributed by atoms with van der Waals surface area (Å²) in [5.41, 5.74) is 1.34. The number of benzene rings is 2. The van der Waals surface area contributed by atoms with Crippen molar-refractivity contribution >= 4 is 17.6 Å². The van der Waals surface area contributed by atoms with Crippen molar-refractivity contribution in [3.8, 4) is 0 Å². The highest BCUT2D eigenvalue weighted by molar-refractivity contribution is 6.30. The Morgan fingerprint density at radius 2 is 1.88 bits per heavy atom. The molecule has 0 aliphatic heterocycles. The molecular formula is C19H13ClFNO2. The number of ether oxygens (including phenoxy) is 1. The third-order valence-corrected chi connectivity index (χ3v) is 3.63. The number of carbonyl (C=O) groups is 1. The largest absolute Gasteiger partial charge is 0.447 e. The fraction of sp³-hybridized carbons (Fsp3) is 0.0526. The smallest absolute Gasteiger partial charge is 0.339 e. The quantitative estimate of drug-likeness (QED) is 0.639. The van der Waals surface area contributed by atoms with Crippen LogP contribution in [0.2, 0.25) is 5.02 Å². The first-order chi connectivity index (χ1) is 11.6. The summed E-state index contributed by atoms with van der Waals surface area (Å²) in [7, 11) is 0. The fourth-order valence-corrected chi connectivity index (χ4v) is 2.48. The van der Waals surface area contributed by atoms with Gasteiger partial charge in [0.25, 0.3) is 0 Å². The van der Waals surface area contributed by atoms with Crippen LogP contribution < -0.4 is 0 Å². The zero-order chi connectivity index (χ0) is 16.9. The number of carbonyl (C=O) groups excluding carboxylic acids is 1. The van der Waals surface area contributed by atoms with Gasteiger partial charge >= 0.3 is 5.97 Å². The van der Waals surface area contributed by atoms with Crippen molar-refractivity contribution in [1.29, 1.82) is 0 Å². The van der Waals surface area contributed by atoms with E-state index in [-0.39, 0.29) is 0 Å². The van der Waals surface area contributed by atoms with E-state index in [9.17, 15) is 9.18 Å². The molecule has 1 unspecified atom stereocenters. The SMILES string of the molecule is O=C(OC(c1cccc(F)c1)c1ccccn1)c1cccc(Cl)c1. The van der Waals surface area contributed by atoms with Gasteiger partial charge in [0.2, 0.25) is 0 Å². The number of halogens is 2. The molecule has 0 saturated heterocycles. The summed E-state index contributed by atoms with van der Waals surface area (Å²) in [5.74, 6) is -0.968. The van der Waals surface area contributed by atoms with Gasteiger partial charge in [0, 0.05) is 16.8 Å². The molecule has 3 rings (SSSR count). The monoisotopic (exact) mass is 341 g/mol. The molecule has 2 aromatic carbocycles. The Kier molecular flexibility index (Phi) is 4.87. The second-order valence-corrected chi connectivity index (χ2v) is 5.54. The van der Waals surface area contributed by atoms with Crippen LogP contribution in [0.5, 0.6) is 0 Å². The molecule has 0 saturated carbocycles. The van der Waals surface area contributed by atoms with Gasteiger partial charge in [-0.15, -0.1) is 0 Å². The lowest BCUT2D eigenvalue weighted by molar-refractivity contribution is 0.0370. The van der Waals surface area contributed by atoms with Crippen LogP contribution >= 0.6 is 11.6 Å². The molecule has 1 aromatic heterocycles. The van der Waals surface area contributed by atoms with Gasteiger partial charge in [-0.2, -0.15) is 0 Å². The average molecular weight is 342 g/mol. The Morgan fingerprint density at radius 3 is 2.58 bits per heavy atom. The van der Waals surface area contributed by atoms with Crippen molar-refractivity contribution in [3.05, 3.63) is 101 Å². The van der Waals surface area contributed by atoms with Gasteiger partial charge in [-0.3, -0.25) is 4.98 Å². The van der Waals surface area contributed by atoms with E-state index in [1.165, 1.54) is 18.2 Å². The Morgan fingerprint density at radius 1 is 1.04 bits per heavy atom. The van der Waals surface area contributed by atoms with Crippen LogP contribution in [-0.2, 0) is 4.74 Å². The van der Waals surface area contributed by atoms with Gasteiger partial charge in [0.15, 0.2) is 6.10 Å². The van der Waals surface area contributed by atoms with Gasteiger partial charge in [-0.25, -0.2) is 9.18 Å². The first-order valence-corrected chi connectivity index (χ1v) is 7.64. The van der Waals surface area contributed by atoms with Crippen molar-refractivity contribution in [1.82, 2.24) is 4.98 Å². The van der Waals surface area contributed by atoms with Gasteiger partial charge < -0.3 is 4.74 Å². The summed E-state index contributed by atoms with van der Waals surface area (Å²) in [4.78, 5) is 16.7. The number of hydrogen-bond donors (Lipinski definition) is 0. The van der Waals surface area contributed by atoms with Crippen LogP contribution in [0, 0.1) is 5.82 Å². The minimum Gasteiger partial charge on any atom is -0.447 e. The normalized spacial score (nSPS) is 11.8. The number of rotatable bonds is 4. The van der Waals surface area contributed by atoms with Crippen LogP contribution in [-0.4, -0.2) is 11.0 Å². The molecule has 5 heteroatoms. The lowest BCUT2D eigenvalue weighted by atomic mass is 10.1. The highest BCUT2D eigenvalue weighted by atomic mass is 35.5. The number of esters is 1. The maximum Gasteiger partial charge on any atom is 0.339 e. The number of hydrogen-bond acceptors (Lipinski definition) is 3. The molecule has 0 N–H and O–H groups in total. The molecule has 0 bridgehead atoms. The molecule has 3 aromatic rings. The molecular weight excluding hydrogens is 329 g/mol. The van der Waals surface area contributed by atoms with E-state index in [1.807, 2.05) is 0 Å². The molecule has 0 amide bonds. The Hall–Kier alpha value is -2.72. The number of aromatic nitrogens is 1. The molecule has 3 nitrogen and oxygen atoms in total. The maximum absolute atomic E-state index is 13.6. The fourth-order valence-electron chi connectivity index (χ4n) is 2.29. The van der Waals surface area contributed by atoms with E-state index in [4.69, 9.17) is 16.3 Å². The molecule has 120 valence electrons. The first kappa shape index (κ1) is 16.1. The van der Waals surface area contributed by atoms with Gasteiger partial charge in [-0.05, 0) is 42.5 Å². The van der Waals surface area contributed by atoms with Gasteiger partial charge in [0.05, 0.1) is 11.3 Å². The first-order valence-electron chi connectivity index (χ1n) is 7.26. The minimum atomic E-state index is -0.812. The Labute approximate surface area is 143 Å². The van der Waals surface area contributed by atoms with Crippen molar-refractivity contribution < 1.29 is 13.9 Å². The predicted octanol–water partition coefficient (Wildman–Crippen LogP) is 4.82. The molecule has 0 aliphatic rings. The zero-order valence-corrected chi connectivity index (χ0v) is 13.3. The summed E-state index contributed by atoms with van der Waals surface area (Å²) in [6, 6.07) is 17.6. The lowest BCUT2D eigenvalue weighted by Gasteiger charge is -2.18. The van der Waals surface area contributed by atoms with E-state index in [0.717, 1.165) is 0 Å². The molecule has 1 atom stereocenters. The summed E-state index contributed by atoms with van der Waals surface area (Å²) in [6.07, 6.45) is 0.780. The van der Waals surface area contributed by atoms with E-state index < -0.39 is 17.9 Å². The second-order valence-electron chi connectivity index (χ2n) is 5.11. The summed E-state index contributed by atoms with van der Waals surface area (Å²) < 4.78 is 19.2. The number of nitrogens with zero attached hydrogens (tertiary/aromatic N) is 1. The third-order valence-electron chi connectivity index (χ3n) is 3.39.